The first-order valence-corrected chi connectivity index (χ1v) is 5.42. The third kappa shape index (κ3) is 5.80. The van der Waals surface area contributed by atoms with Crippen LogP contribution in [0.4, 0.5) is 0 Å². The summed E-state index contributed by atoms with van der Waals surface area (Å²) in [5, 5.41) is 11.0. The van der Waals surface area contributed by atoms with Gasteiger partial charge in [0.15, 0.2) is 0 Å². The van der Waals surface area contributed by atoms with E-state index >= 15 is 0 Å². The number of hydrogen-bond acceptors (Lipinski definition) is 2. The van der Waals surface area contributed by atoms with E-state index in [1.54, 1.807) is 14.0 Å². The molecule has 0 saturated heterocycles. The number of methoxy groups -OCH3 is 1. The number of aliphatic carboxylic acids is 1. The second-order valence-corrected chi connectivity index (χ2v) is 4.03. The second kappa shape index (κ2) is 10.8. The molecule has 2 aromatic carbocycles. The molecule has 7 heteroatoms. The molecule has 0 aromatic heterocycles. The quantitative estimate of drug-likeness (QED) is 0.791. The molecule has 0 aliphatic heterocycles. The van der Waals surface area contributed by atoms with Crippen molar-refractivity contribution < 1.29 is 64.5 Å². The van der Waals surface area contributed by atoms with Crippen LogP contribution in [0, 0.1) is 0 Å². The zero-order valence-corrected chi connectivity index (χ0v) is 18.2. The van der Waals surface area contributed by atoms with E-state index in [0.29, 0.717) is 0 Å². The molecular formula is C14H18O5Zn2+4. The van der Waals surface area contributed by atoms with Crippen LogP contribution in [0.3, 0.4) is 0 Å². The molecule has 0 aliphatic rings. The van der Waals surface area contributed by atoms with Crippen LogP contribution >= 0.6 is 0 Å². The number of fused-ring (bicyclic) bond motifs is 1. The Morgan fingerprint density at radius 3 is 2.10 bits per heavy atom. The van der Waals surface area contributed by atoms with Crippen LogP contribution in [-0.4, -0.2) is 29.1 Å². The molecule has 1 atom stereocenters. The standard InChI is InChI=1S/C14H14O3.2H2O.2Zn/c1-9(14(15)16)10-3-4-12-8-13(17-2)6-5-11(12)7-10;;;;/h3-9H,1-2H3,(H,15,16);2*1H2;;/q;;;2*+2. The largest absolute Gasteiger partial charge is 2.00 e. The van der Waals surface area contributed by atoms with Crippen molar-refractivity contribution in [2.24, 2.45) is 0 Å². The van der Waals surface area contributed by atoms with Crippen molar-refractivity contribution in [1.82, 2.24) is 0 Å². The average Bonchev–Trinajstić information content (AvgIpc) is 2.36. The number of carboxylic acids is 1. The second-order valence-electron chi connectivity index (χ2n) is 4.03. The predicted molar refractivity (Wildman–Crippen MR) is 73.8 cm³/mol. The SMILES string of the molecule is COc1ccc2cc(C(C)C(=O)O)ccc2c1.O.O.[Zn+2].[Zn+2]. The minimum absolute atomic E-state index is 0. The summed E-state index contributed by atoms with van der Waals surface area (Å²) in [5.74, 6) is -0.490. The van der Waals surface area contributed by atoms with Crippen LogP contribution in [-0.2, 0) is 43.8 Å². The molecule has 0 amide bonds. The van der Waals surface area contributed by atoms with Gasteiger partial charge < -0.3 is 20.8 Å². The zero-order chi connectivity index (χ0) is 12.4. The zero-order valence-electron chi connectivity index (χ0n) is 12.2. The van der Waals surface area contributed by atoms with E-state index in [4.69, 9.17) is 9.84 Å². The fraction of sp³-hybridized carbons (Fsp3) is 0.214. The van der Waals surface area contributed by atoms with E-state index in [0.717, 1.165) is 22.1 Å². The summed E-state index contributed by atoms with van der Waals surface area (Å²) in [6.07, 6.45) is 0. The minimum atomic E-state index is -0.808. The minimum Gasteiger partial charge on any atom is -0.497 e. The fourth-order valence-corrected chi connectivity index (χ4v) is 1.78. The van der Waals surface area contributed by atoms with Crippen molar-refractivity contribution >= 4 is 16.7 Å². The normalized spacial score (nSPS) is 10.0. The van der Waals surface area contributed by atoms with Crippen molar-refractivity contribution in [1.29, 1.82) is 0 Å². The Morgan fingerprint density at radius 2 is 1.57 bits per heavy atom. The van der Waals surface area contributed by atoms with E-state index in [-0.39, 0.29) is 49.9 Å². The third-order valence-electron chi connectivity index (χ3n) is 2.94. The van der Waals surface area contributed by atoms with Gasteiger partial charge in [0.2, 0.25) is 0 Å². The van der Waals surface area contributed by atoms with Gasteiger partial charge in [0.1, 0.15) is 5.75 Å². The van der Waals surface area contributed by atoms with Gasteiger partial charge in [-0.25, -0.2) is 0 Å². The van der Waals surface area contributed by atoms with E-state index in [9.17, 15) is 4.79 Å². The number of carboxylic acid groups (broad SMARTS) is 1. The van der Waals surface area contributed by atoms with Gasteiger partial charge >= 0.3 is 44.9 Å². The van der Waals surface area contributed by atoms with E-state index in [2.05, 4.69) is 0 Å². The molecule has 0 fully saturated rings. The average molecular weight is 397 g/mol. The first-order chi connectivity index (χ1) is 8.11. The Balaban J connectivity index is -0.000000810. The molecule has 5 N–H and O–H groups in total. The first-order valence-electron chi connectivity index (χ1n) is 5.42. The summed E-state index contributed by atoms with van der Waals surface area (Å²) in [4.78, 5) is 10.9. The van der Waals surface area contributed by atoms with Gasteiger partial charge in [-0.05, 0) is 35.4 Å². The monoisotopic (exact) mass is 394 g/mol. The summed E-state index contributed by atoms with van der Waals surface area (Å²) in [6.45, 7) is 1.69. The van der Waals surface area contributed by atoms with Crippen LogP contribution in [0.25, 0.3) is 10.8 Å². The van der Waals surface area contributed by atoms with Gasteiger partial charge in [-0.3, -0.25) is 4.79 Å². The van der Waals surface area contributed by atoms with Crippen molar-refractivity contribution in [3.63, 3.8) is 0 Å². The van der Waals surface area contributed by atoms with Crippen molar-refractivity contribution in [2.45, 2.75) is 12.8 Å². The molecule has 0 spiro atoms. The maximum absolute atomic E-state index is 10.9. The van der Waals surface area contributed by atoms with Crippen molar-refractivity contribution in [3.8, 4) is 5.75 Å². The molecule has 0 heterocycles. The van der Waals surface area contributed by atoms with Gasteiger partial charge in [-0.2, -0.15) is 0 Å². The topological polar surface area (TPSA) is 110 Å². The number of hydrogen-bond donors (Lipinski definition) is 1. The van der Waals surface area contributed by atoms with Crippen molar-refractivity contribution in [3.05, 3.63) is 42.0 Å². The summed E-state index contributed by atoms with van der Waals surface area (Å²) in [6, 6.07) is 11.4. The molecule has 2 rings (SSSR count). The number of rotatable bonds is 3. The Bertz CT molecular complexity index is 574. The molecule has 104 valence electrons. The Morgan fingerprint density at radius 1 is 1.05 bits per heavy atom. The van der Waals surface area contributed by atoms with Crippen LogP contribution in [0.15, 0.2) is 36.4 Å². The molecular weight excluding hydrogens is 379 g/mol. The van der Waals surface area contributed by atoms with Gasteiger partial charge in [0.25, 0.3) is 0 Å². The molecule has 0 bridgehead atoms. The van der Waals surface area contributed by atoms with E-state index < -0.39 is 11.9 Å². The maximum Gasteiger partial charge on any atom is 2.00 e. The van der Waals surface area contributed by atoms with Crippen molar-refractivity contribution in [2.75, 3.05) is 7.11 Å². The summed E-state index contributed by atoms with van der Waals surface area (Å²) >= 11 is 0. The molecule has 0 saturated carbocycles. The van der Waals surface area contributed by atoms with Gasteiger partial charge in [-0.15, -0.1) is 0 Å². The van der Waals surface area contributed by atoms with E-state index in [1.165, 1.54) is 0 Å². The predicted octanol–water partition coefficient (Wildman–Crippen LogP) is 1.38. The van der Waals surface area contributed by atoms with Crippen LogP contribution in [0.1, 0.15) is 18.4 Å². The summed E-state index contributed by atoms with van der Waals surface area (Å²) in [7, 11) is 1.63. The summed E-state index contributed by atoms with van der Waals surface area (Å²) in [5.41, 5.74) is 0.815. The Labute approximate surface area is 148 Å². The van der Waals surface area contributed by atoms with E-state index in [1.807, 2.05) is 36.4 Å². The van der Waals surface area contributed by atoms with Gasteiger partial charge in [-0.1, -0.05) is 24.3 Å². The summed E-state index contributed by atoms with van der Waals surface area (Å²) < 4.78 is 5.14. The number of benzene rings is 2. The van der Waals surface area contributed by atoms with Gasteiger partial charge in [0, 0.05) is 0 Å². The van der Waals surface area contributed by atoms with Crippen LogP contribution in [0.5, 0.6) is 5.75 Å². The smallest absolute Gasteiger partial charge is 0.497 e. The van der Waals surface area contributed by atoms with Crippen LogP contribution in [0.2, 0.25) is 0 Å². The number of ether oxygens (including phenoxy) is 1. The van der Waals surface area contributed by atoms with Gasteiger partial charge in [0.05, 0.1) is 13.0 Å². The first kappa shape index (κ1) is 25.1. The fourth-order valence-electron chi connectivity index (χ4n) is 1.78. The maximum atomic E-state index is 10.9. The Kier molecular flexibility index (Phi) is 12.9. The molecule has 0 radical (unpaired) electrons. The molecule has 0 aliphatic carbocycles. The number of carbonyl (C=O) groups is 1. The third-order valence-corrected chi connectivity index (χ3v) is 2.94. The van der Waals surface area contributed by atoms with Crippen LogP contribution < -0.4 is 4.74 Å². The molecule has 1 unspecified atom stereocenters. The Hall–Kier alpha value is -0.863. The molecule has 5 nitrogen and oxygen atoms in total. The molecule has 21 heavy (non-hydrogen) atoms. The molecule has 2 aromatic rings.